The van der Waals surface area contributed by atoms with Crippen molar-refractivity contribution in [3.63, 3.8) is 0 Å². The molecule has 130 valence electrons. The number of urea groups is 1. The molecule has 0 aromatic carbocycles. The maximum atomic E-state index is 11.8. The van der Waals surface area contributed by atoms with Gasteiger partial charge in [0.25, 0.3) is 0 Å². The first kappa shape index (κ1) is 18.3. The molecular weight excluding hydrogens is 296 g/mol. The van der Waals surface area contributed by atoms with Crippen molar-refractivity contribution >= 4 is 6.03 Å². The summed E-state index contributed by atoms with van der Waals surface area (Å²) < 4.78 is 0. The Morgan fingerprint density at radius 1 is 0.917 bits per heavy atom. The first-order chi connectivity index (χ1) is 11.8. The van der Waals surface area contributed by atoms with E-state index < -0.39 is 0 Å². The van der Waals surface area contributed by atoms with Crippen molar-refractivity contribution < 1.29 is 4.79 Å². The fraction of sp³-hybridized carbons (Fsp3) is 0.476. The molecule has 3 nitrogen and oxygen atoms in total. The van der Waals surface area contributed by atoms with Crippen LogP contribution in [0.1, 0.15) is 51.4 Å². The van der Waals surface area contributed by atoms with Gasteiger partial charge < -0.3 is 10.6 Å². The highest BCUT2D eigenvalue weighted by molar-refractivity contribution is 5.73. The lowest BCUT2D eigenvalue weighted by Gasteiger charge is -2.08. The van der Waals surface area contributed by atoms with Gasteiger partial charge in [0, 0.05) is 13.1 Å². The highest BCUT2D eigenvalue weighted by atomic mass is 16.2. The Morgan fingerprint density at radius 2 is 1.67 bits per heavy atom. The highest BCUT2D eigenvalue weighted by Gasteiger charge is 2.01. The average molecular weight is 326 g/mol. The van der Waals surface area contributed by atoms with Crippen LogP contribution >= 0.6 is 0 Å². The molecule has 2 amide bonds. The SMILES string of the molecule is O=C(NCCCC1=CC=CCC=C1)NCCCC1=CCCCC=C1. The van der Waals surface area contributed by atoms with Gasteiger partial charge in [-0.2, -0.15) is 0 Å². The van der Waals surface area contributed by atoms with E-state index in [1.807, 2.05) is 0 Å². The monoisotopic (exact) mass is 326 g/mol. The summed E-state index contributed by atoms with van der Waals surface area (Å²) in [5.41, 5.74) is 2.74. The lowest BCUT2D eigenvalue weighted by Crippen LogP contribution is -2.36. The number of nitrogens with one attached hydrogen (secondary N) is 2. The minimum absolute atomic E-state index is 0.0503. The fourth-order valence-electron chi connectivity index (χ4n) is 2.85. The smallest absolute Gasteiger partial charge is 0.314 e. The van der Waals surface area contributed by atoms with Gasteiger partial charge in [0.2, 0.25) is 0 Å². The van der Waals surface area contributed by atoms with E-state index in [4.69, 9.17) is 0 Å². The van der Waals surface area contributed by atoms with Crippen LogP contribution in [0.2, 0.25) is 0 Å². The largest absolute Gasteiger partial charge is 0.338 e. The fourth-order valence-corrected chi connectivity index (χ4v) is 2.85. The highest BCUT2D eigenvalue weighted by Crippen LogP contribution is 2.14. The summed E-state index contributed by atoms with van der Waals surface area (Å²) in [6.07, 6.45) is 26.2. The van der Waals surface area contributed by atoms with Gasteiger partial charge in [-0.05, 0) is 56.9 Å². The normalized spacial score (nSPS) is 16.8. The van der Waals surface area contributed by atoms with Crippen molar-refractivity contribution in [1.29, 1.82) is 0 Å². The van der Waals surface area contributed by atoms with Crippen LogP contribution in [0, 0.1) is 0 Å². The van der Waals surface area contributed by atoms with Crippen LogP contribution in [-0.4, -0.2) is 19.1 Å². The molecule has 0 saturated carbocycles. The molecule has 3 heteroatoms. The third-order valence-corrected chi connectivity index (χ3v) is 4.22. The van der Waals surface area contributed by atoms with E-state index in [0.717, 1.165) is 38.6 Å². The molecule has 0 unspecified atom stereocenters. The van der Waals surface area contributed by atoms with Crippen LogP contribution in [0.15, 0.2) is 59.8 Å². The molecule has 0 atom stereocenters. The number of hydrogen-bond donors (Lipinski definition) is 2. The Morgan fingerprint density at radius 3 is 2.50 bits per heavy atom. The third kappa shape index (κ3) is 8.00. The van der Waals surface area contributed by atoms with Crippen LogP contribution in [0.5, 0.6) is 0 Å². The van der Waals surface area contributed by atoms with E-state index in [1.165, 1.54) is 30.4 Å². The number of allylic oxidation sites excluding steroid dienone is 10. The second-order valence-corrected chi connectivity index (χ2v) is 6.31. The molecule has 0 heterocycles. The van der Waals surface area contributed by atoms with Gasteiger partial charge in [-0.25, -0.2) is 4.79 Å². The first-order valence-corrected chi connectivity index (χ1v) is 9.24. The molecule has 2 aliphatic rings. The summed E-state index contributed by atoms with van der Waals surface area (Å²) in [7, 11) is 0. The van der Waals surface area contributed by atoms with Crippen molar-refractivity contribution in [3.8, 4) is 0 Å². The molecule has 0 spiro atoms. The van der Waals surface area contributed by atoms with Gasteiger partial charge >= 0.3 is 6.03 Å². The Labute approximate surface area is 146 Å². The molecule has 2 rings (SSSR count). The molecule has 0 bridgehead atoms. The molecule has 2 N–H and O–H groups in total. The predicted octanol–water partition coefficient (Wildman–Crippen LogP) is 4.96. The second kappa shape index (κ2) is 11.5. The predicted molar refractivity (Wildman–Crippen MR) is 102 cm³/mol. The molecule has 2 aliphatic carbocycles. The Kier molecular flexibility index (Phi) is 8.77. The van der Waals surface area contributed by atoms with Gasteiger partial charge in [-0.3, -0.25) is 0 Å². The lowest BCUT2D eigenvalue weighted by molar-refractivity contribution is 0.240. The van der Waals surface area contributed by atoms with E-state index in [2.05, 4.69) is 59.2 Å². The van der Waals surface area contributed by atoms with Crippen LogP contribution in [0.25, 0.3) is 0 Å². The lowest BCUT2D eigenvalue weighted by atomic mass is 10.1. The molecule has 0 aromatic heterocycles. The first-order valence-electron chi connectivity index (χ1n) is 9.24. The van der Waals surface area contributed by atoms with Crippen molar-refractivity contribution in [3.05, 3.63) is 59.8 Å². The van der Waals surface area contributed by atoms with Crippen molar-refractivity contribution in [1.82, 2.24) is 10.6 Å². The molecule has 24 heavy (non-hydrogen) atoms. The Balaban J connectivity index is 1.50. The van der Waals surface area contributed by atoms with E-state index in [0.29, 0.717) is 6.54 Å². The van der Waals surface area contributed by atoms with Gasteiger partial charge in [-0.1, -0.05) is 54.2 Å². The summed E-state index contributed by atoms with van der Waals surface area (Å²) in [4.78, 5) is 11.8. The summed E-state index contributed by atoms with van der Waals surface area (Å²) in [5, 5.41) is 5.88. The summed E-state index contributed by atoms with van der Waals surface area (Å²) in [5.74, 6) is 0. The maximum Gasteiger partial charge on any atom is 0.314 e. The van der Waals surface area contributed by atoms with Crippen molar-refractivity contribution in [2.75, 3.05) is 13.1 Å². The van der Waals surface area contributed by atoms with Crippen LogP contribution in [0.3, 0.4) is 0 Å². The molecule has 0 fully saturated rings. The zero-order chi connectivity index (χ0) is 16.9. The number of hydrogen-bond acceptors (Lipinski definition) is 1. The summed E-state index contributed by atoms with van der Waals surface area (Å²) in [6, 6.07) is -0.0503. The van der Waals surface area contributed by atoms with E-state index >= 15 is 0 Å². The van der Waals surface area contributed by atoms with Gasteiger partial charge in [0.1, 0.15) is 0 Å². The molecule has 0 saturated heterocycles. The van der Waals surface area contributed by atoms with E-state index in [-0.39, 0.29) is 6.03 Å². The topological polar surface area (TPSA) is 41.1 Å². The van der Waals surface area contributed by atoms with Crippen LogP contribution < -0.4 is 10.6 Å². The quantitative estimate of drug-likeness (QED) is 0.608. The number of rotatable bonds is 8. The molecule has 0 radical (unpaired) electrons. The molecule has 0 aliphatic heterocycles. The zero-order valence-electron chi connectivity index (χ0n) is 14.6. The zero-order valence-corrected chi connectivity index (χ0v) is 14.6. The van der Waals surface area contributed by atoms with Crippen molar-refractivity contribution in [2.24, 2.45) is 0 Å². The van der Waals surface area contributed by atoms with E-state index in [1.54, 1.807) is 0 Å². The summed E-state index contributed by atoms with van der Waals surface area (Å²) in [6.45, 7) is 1.45. The molecular formula is C21H30N2O. The minimum Gasteiger partial charge on any atom is -0.338 e. The van der Waals surface area contributed by atoms with Gasteiger partial charge in [0.15, 0.2) is 0 Å². The number of carbonyl (C=O) groups excluding carboxylic acids is 1. The Hall–Kier alpha value is -2.03. The second-order valence-electron chi connectivity index (χ2n) is 6.31. The van der Waals surface area contributed by atoms with Crippen LogP contribution in [0.4, 0.5) is 4.79 Å². The third-order valence-electron chi connectivity index (χ3n) is 4.22. The van der Waals surface area contributed by atoms with Crippen LogP contribution in [-0.2, 0) is 0 Å². The van der Waals surface area contributed by atoms with Crippen molar-refractivity contribution in [2.45, 2.75) is 51.4 Å². The van der Waals surface area contributed by atoms with Gasteiger partial charge in [0.05, 0.1) is 0 Å². The number of amides is 2. The van der Waals surface area contributed by atoms with E-state index in [9.17, 15) is 4.79 Å². The number of carbonyl (C=O) groups is 1. The maximum absolute atomic E-state index is 11.8. The van der Waals surface area contributed by atoms with Gasteiger partial charge in [-0.15, -0.1) is 0 Å². The summed E-state index contributed by atoms with van der Waals surface area (Å²) >= 11 is 0. The average Bonchev–Trinajstić information content (AvgIpc) is 3.00. The minimum atomic E-state index is -0.0503. The standard InChI is InChI=1S/C21H30N2O/c24-21(22-17-9-15-19-11-5-1-2-6-12-19)23-18-10-16-20-13-7-3-4-8-14-20/h1,5-7,11-14H,2-4,8-10,15-18H2,(H2,22,23,24). The molecule has 0 aromatic rings. The Bertz CT molecular complexity index is 538.